The van der Waals surface area contributed by atoms with Gasteiger partial charge in [-0.2, -0.15) is 0 Å². The minimum atomic E-state index is 0.734. The second kappa shape index (κ2) is 4.96. The number of nitrogens with zero attached hydrogens (tertiary/aromatic N) is 1. The molecule has 88 valence electrons. The fourth-order valence-electron chi connectivity index (χ4n) is 2.36. The number of rotatable bonds is 2. The van der Waals surface area contributed by atoms with Gasteiger partial charge in [-0.05, 0) is 37.0 Å². The van der Waals surface area contributed by atoms with Crippen molar-refractivity contribution < 1.29 is 0 Å². The van der Waals surface area contributed by atoms with Crippen molar-refractivity contribution in [3.8, 4) is 0 Å². The van der Waals surface area contributed by atoms with Gasteiger partial charge < -0.3 is 10.6 Å². The Morgan fingerprint density at radius 1 is 1.38 bits per heavy atom. The minimum Gasteiger partial charge on any atom is -0.399 e. The zero-order chi connectivity index (χ0) is 11.5. The van der Waals surface area contributed by atoms with Gasteiger partial charge in [-0.3, -0.25) is 0 Å². The maximum atomic E-state index is 6.21. The van der Waals surface area contributed by atoms with Gasteiger partial charge in [0.15, 0.2) is 0 Å². The first-order valence-electron chi connectivity index (χ1n) is 6.00. The number of piperidine rings is 1. The van der Waals surface area contributed by atoms with Crippen molar-refractivity contribution >= 4 is 23.0 Å². The van der Waals surface area contributed by atoms with Gasteiger partial charge in [0.1, 0.15) is 0 Å². The van der Waals surface area contributed by atoms with Gasteiger partial charge in [0, 0.05) is 18.8 Å². The maximum absolute atomic E-state index is 6.21. The molecule has 1 saturated heterocycles. The van der Waals surface area contributed by atoms with Crippen LogP contribution in [0.5, 0.6) is 0 Å². The number of benzene rings is 1. The topological polar surface area (TPSA) is 29.3 Å². The Morgan fingerprint density at radius 2 is 2.06 bits per heavy atom. The molecule has 1 aromatic rings. The fourth-order valence-corrected chi connectivity index (χ4v) is 2.67. The van der Waals surface area contributed by atoms with Crippen molar-refractivity contribution in [1.29, 1.82) is 0 Å². The van der Waals surface area contributed by atoms with E-state index in [-0.39, 0.29) is 0 Å². The first-order chi connectivity index (χ1) is 7.70. The molecule has 0 unspecified atom stereocenters. The highest BCUT2D eigenvalue weighted by atomic mass is 35.5. The number of hydrogen-bond acceptors (Lipinski definition) is 2. The Hall–Kier alpha value is -0.890. The standard InChI is InChI=1S/C13H19ClN2/c1-2-10-5-7-16(8-6-10)13-4-3-11(15)9-12(13)14/h3-4,9-10H,2,5-8,15H2,1H3. The molecule has 0 aliphatic carbocycles. The number of hydrogen-bond donors (Lipinski definition) is 1. The molecule has 0 spiro atoms. The highest BCUT2D eigenvalue weighted by Gasteiger charge is 2.19. The van der Waals surface area contributed by atoms with Crippen LogP contribution in [0.1, 0.15) is 26.2 Å². The number of halogens is 1. The Morgan fingerprint density at radius 3 is 2.62 bits per heavy atom. The van der Waals surface area contributed by atoms with Crippen LogP contribution in [0.2, 0.25) is 5.02 Å². The van der Waals surface area contributed by atoms with Gasteiger partial charge in [0.2, 0.25) is 0 Å². The molecule has 0 bridgehead atoms. The summed E-state index contributed by atoms with van der Waals surface area (Å²) in [6.45, 7) is 4.50. The third kappa shape index (κ3) is 2.43. The molecule has 0 aromatic heterocycles. The Bertz CT molecular complexity index is 357. The van der Waals surface area contributed by atoms with Crippen molar-refractivity contribution in [2.24, 2.45) is 5.92 Å². The van der Waals surface area contributed by atoms with Crippen LogP contribution in [-0.2, 0) is 0 Å². The molecule has 0 amide bonds. The predicted molar refractivity (Wildman–Crippen MR) is 71.1 cm³/mol. The van der Waals surface area contributed by atoms with E-state index in [1.54, 1.807) is 0 Å². The molecule has 0 radical (unpaired) electrons. The lowest BCUT2D eigenvalue weighted by Crippen LogP contribution is -2.33. The summed E-state index contributed by atoms with van der Waals surface area (Å²) < 4.78 is 0. The molecule has 1 aliphatic heterocycles. The Labute approximate surface area is 102 Å². The van der Waals surface area contributed by atoms with E-state index < -0.39 is 0 Å². The Balaban J connectivity index is 2.08. The van der Waals surface area contributed by atoms with Crippen LogP contribution < -0.4 is 10.6 Å². The van der Waals surface area contributed by atoms with Gasteiger partial charge in [0.25, 0.3) is 0 Å². The average Bonchev–Trinajstić information content (AvgIpc) is 2.29. The van der Waals surface area contributed by atoms with Crippen molar-refractivity contribution in [2.75, 3.05) is 23.7 Å². The second-order valence-corrected chi connectivity index (χ2v) is 4.96. The molecular weight excluding hydrogens is 220 g/mol. The minimum absolute atomic E-state index is 0.734. The van der Waals surface area contributed by atoms with Crippen LogP contribution in [0.15, 0.2) is 18.2 Å². The smallest absolute Gasteiger partial charge is 0.0660 e. The molecule has 0 atom stereocenters. The second-order valence-electron chi connectivity index (χ2n) is 4.55. The molecular formula is C13H19ClN2. The molecule has 1 heterocycles. The fraction of sp³-hybridized carbons (Fsp3) is 0.538. The zero-order valence-electron chi connectivity index (χ0n) is 9.75. The first kappa shape index (κ1) is 11.6. The van der Waals surface area contributed by atoms with Crippen molar-refractivity contribution in [1.82, 2.24) is 0 Å². The van der Waals surface area contributed by atoms with Crippen LogP contribution in [0.25, 0.3) is 0 Å². The van der Waals surface area contributed by atoms with E-state index in [9.17, 15) is 0 Å². The SMILES string of the molecule is CCC1CCN(c2ccc(N)cc2Cl)CC1. The van der Waals surface area contributed by atoms with Crippen LogP contribution in [0.4, 0.5) is 11.4 Å². The Kier molecular flexibility index (Phi) is 3.59. The summed E-state index contributed by atoms with van der Waals surface area (Å²) in [6.07, 6.45) is 3.84. The summed E-state index contributed by atoms with van der Waals surface area (Å²) in [5.74, 6) is 0.892. The summed E-state index contributed by atoms with van der Waals surface area (Å²) in [7, 11) is 0. The van der Waals surface area contributed by atoms with Crippen molar-refractivity contribution in [3.63, 3.8) is 0 Å². The molecule has 3 heteroatoms. The summed E-state index contributed by atoms with van der Waals surface area (Å²) >= 11 is 6.21. The van der Waals surface area contributed by atoms with Crippen LogP contribution in [0.3, 0.4) is 0 Å². The molecule has 2 N–H and O–H groups in total. The van der Waals surface area contributed by atoms with E-state index in [1.165, 1.54) is 19.3 Å². The van der Waals surface area contributed by atoms with E-state index in [1.807, 2.05) is 18.2 Å². The largest absolute Gasteiger partial charge is 0.399 e. The highest BCUT2D eigenvalue weighted by Crippen LogP contribution is 2.31. The molecule has 2 nitrogen and oxygen atoms in total. The van der Waals surface area contributed by atoms with Gasteiger partial charge in [-0.1, -0.05) is 24.9 Å². The predicted octanol–water partition coefficient (Wildman–Crippen LogP) is 3.55. The number of nitrogens with two attached hydrogens (primary N) is 1. The number of nitrogen functional groups attached to an aromatic ring is 1. The highest BCUT2D eigenvalue weighted by molar-refractivity contribution is 6.33. The third-order valence-electron chi connectivity index (χ3n) is 3.50. The van der Waals surface area contributed by atoms with Crippen LogP contribution in [0, 0.1) is 5.92 Å². The lowest BCUT2D eigenvalue weighted by molar-refractivity contribution is 0.395. The van der Waals surface area contributed by atoms with E-state index in [0.29, 0.717) is 0 Å². The van der Waals surface area contributed by atoms with Crippen molar-refractivity contribution in [3.05, 3.63) is 23.2 Å². The summed E-state index contributed by atoms with van der Waals surface area (Å²) in [5, 5.41) is 0.773. The molecule has 1 aliphatic rings. The zero-order valence-corrected chi connectivity index (χ0v) is 10.5. The lowest BCUT2D eigenvalue weighted by atomic mass is 9.94. The summed E-state index contributed by atoms with van der Waals surface area (Å²) in [6, 6.07) is 5.79. The normalized spacial score (nSPS) is 17.8. The molecule has 16 heavy (non-hydrogen) atoms. The third-order valence-corrected chi connectivity index (χ3v) is 3.81. The molecule has 0 saturated carbocycles. The quantitative estimate of drug-likeness (QED) is 0.799. The summed E-state index contributed by atoms with van der Waals surface area (Å²) in [4.78, 5) is 2.37. The van der Waals surface area contributed by atoms with E-state index in [0.717, 1.165) is 35.4 Å². The molecule has 1 fully saturated rings. The van der Waals surface area contributed by atoms with Gasteiger partial charge >= 0.3 is 0 Å². The van der Waals surface area contributed by atoms with Gasteiger partial charge in [-0.15, -0.1) is 0 Å². The van der Waals surface area contributed by atoms with Crippen LogP contribution in [-0.4, -0.2) is 13.1 Å². The van der Waals surface area contributed by atoms with E-state index >= 15 is 0 Å². The van der Waals surface area contributed by atoms with Gasteiger partial charge in [0.05, 0.1) is 10.7 Å². The van der Waals surface area contributed by atoms with Crippen LogP contribution >= 0.6 is 11.6 Å². The number of anilines is 2. The lowest BCUT2D eigenvalue weighted by Gasteiger charge is -2.33. The first-order valence-corrected chi connectivity index (χ1v) is 6.38. The molecule has 2 rings (SSSR count). The molecule has 1 aromatic carbocycles. The monoisotopic (exact) mass is 238 g/mol. The maximum Gasteiger partial charge on any atom is 0.0660 e. The summed E-state index contributed by atoms with van der Waals surface area (Å²) in [5.41, 5.74) is 7.56. The van der Waals surface area contributed by atoms with E-state index in [4.69, 9.17) is 17.3 Å². The van der Waals surface area contributed by atoms with E-state index in [2.05, 4.69) is 11.8 Å². The van der Waals surface area contributed by atoms with Crippen molar-refractivity contribution in [2.45, 2.75) is 26.2 Å². The average molecular weight is 239 g/mol. The van der Waals surface area contributed by atoms with Gasteiger partial charge in [-0.25, -0.2) is 0 Å².